The first kappa shape index (κ1) is 12.2. The summed E-state index contributed by atoms with van der Waals surface area (Å²) in [7, 11) is 0. The van der Waals surface area contributed by atoms with Crippen molar-refractivity contribution >= 4 is 27.2 Å². The number of rotatable bonds is 2. The number of fused-ring (bicyclic) bond motifs is 1. The van der Waals surface area contributed by atoms with Gasteiger partial charge in [-0.2, -0.15) is 0 Å². The van der Waals surface area contributed by atoms with E-state index in [1.807, 2.05) is 19.1 Å². The fourth-order valence-corrected chi connectivity index (χ4v) is 3.30. The molecule has 1 aromatic heterocycles. The van der Waals surface area contributed by atoms with Crippen LogP contribution in [0.2, 0.25) is 0 Å². The zero-order chi connectivity index (χ0) is 13.4. The molecule has 3 rings (SSSR count). The van der Waals surface area contributed by atoms with Crippen molar-refractivity contribution in [2.45, 2.75) is 20.3 Å². The molecule has 0 aliphatic rings. The Bertz CT molecular complexity index is 744. The summed E-state index contributed by atoms with van der Waals surface area (Å²) in [5, 5.41) is 1.05. The molecule has 2 N–H and O–H groups in total. The van der Waals surface area contributed by atoms with Crippen LogP contribution in [-0.2, 0) is 6.42 Å². The van der Waals surface area contributed by atoms with Gasteiger partial charge in [0.1, 0.15) is 5.01 Å². The number of hydrogen-bond donors (Lipinski definition) is 1. The van der Waals surface area contributed by atoms with Gasteiger partial charge in [0.2, 0.25) is 0 Å². The van der Waals surface area contributed by atoms with Crippen LogP contribution in [0.15, 0.2) is 36.4 Å². The highest BCUT2D eigenvalue weighted by Gasteiger charge is 2.10. The zero-order valence-corrected chi connectivity index (χ0v) is 11.9. The molecule has 0 unspecified atom stereocenters. The Hall–Kier alpha value is -1.87. The lowest BCUT2D eigenvalue weighted by molar-refractivity contribution is 1.15. The summed E-state index contributed by atoms with van der Waals surface area (Å²) in [6.07, 6.45) is 1.06. The topological polar surface area (TPSA) is 38.9 Å². The second kappa shape index (κ2) is 4.67. The van der Waals surface area contributed by atoms with Crippen LogP contribution in [0.1, 0.15) is 18.1 Å². The molecule has 0 saturated heterocycles. The minimum absolute atomic E-state index is 0.825. The van der Waals surface area contributed by atoms with Crippen LogP contribution >= 0.6 is 11.3 Å². The standard InChI is InChI=1S/C16H16N2S/c1-3-11-7-8-14-15(9-11)19-16(18-14)12-5-4-6-13(17)10(12)2/h4-9H,3,17H2,1-2H3. The van der Waals surface area contributed by atoms with Gasteiger partial charge in [-0.15, -0.1) is 11.3 Å². The van der Waals surface area contributed by atoms with Crippen LogP contribution in [-0.4, -0.2) is 4.98 Å². The molecule has 0 radical (unpaired) electrons. The van der Waals surface area contributed by atoms with Gasteiger partial charge in [0.25, 0.3) is 0 Å². The van der Waals surface area contributed by atoms with Crippen LogP contribution in [0.3, 0.4) is 0 Å². The molecule has 0 amide bonds. The number of nitrogen functional groups attached to an aromatic ring is 1. The molecule has 0 aliphatic heterocycles. The van der Waals surface area contributed by atoms with Gasteiger partial charge in [0, 0.05) is 11.3 Å². The molecule has 3 aromatic rings. The van der Waals surface area contributed by atoms with Crippen molar-refractivity contribution in [3.8, 4) is 10.6 Å². The molecular weight excluding hydrogens is 252 g/mol. The lowest BCUT2D eigenvalue weighted by atomic mass is 10.1. The molecule has 0 atom stereocenters. The van der Waals surface area contributed by atoms with E-state index in [4.69, 9.17) is 10.7 Å². The van der Waals surface area contributed by atoms with Gasteiger partial charge in [-0.3, -0.25) is 0 Å². The first-order valence-electron chi connectivity index (χ1n) is 6.44. The van der Waals surface area contributed by atoms with Gasteiger partial charge in [-0.05, 0) is 42.7 Å². The van der Waals surface area contributed by atoms with E-state index >= 15 is 0 Å². The van der Waals surface area contributed by atoms with E-state index < -0.39 is 0 Å². The molecule has 2 nitrogen and oxygen atoms in total. The van der Waals surface area contributed by atoms with Crippen molar-refractivity contribution in [1.29, 1.82) is 0 Å². The van der Waals surface area contributed by atoms with Crippen molar-refractivity contribution < 1.29 is 0 Å². The summed E-state index contributed by atoms with van der Waals surface area (Å²) in [5.74, 6) is 0. The lowest BCUT2D eigenvalue weighted by Crippen LogP contribution is -1.91. The van der Waals surface area contributed by atoms with Crippen LogP contribution in [0.4, 0.5) is 5.69 Å². The molecule has 2 aromatic carbocycles. The average molecular weight is 268 g/mol. The second-order valence-electron chi connectivity index (χ2n) is 4.69. The van der Waals surface area contributed by atoms with Crippen molar-refractivity contribution in [1.82, 2.24) is 4.98 Å². The van der Waals surface area contributed by atoms with Crippen LogP contribution in [0.5, 0.6) is 0 Å². The molecule has 0 bridgehead atoms. The fraction of sp³-hybridized carbons (Fsp3) is 0.188. The Balaban J connectivity index is 2.18. The summed E-state index contributed by atoms with van der Waals surface area (Å²) in [4.78, 5) is 4.72. The quantitative estimate of drug-likeness (QED) is 0.699. The molecule has 1 heterocycles. The molecule has 0 saturated carbocycles. The van der Waals surface area contributed by atoms with Crippen LogP contribution in [0.25, 0.3) is 20.8 Å². The van der Waals surface area contributed by atoms with E-state index in [0.717, 1.165) is 33.8 Å². The molecule has 3 heteroatoms. The first-order valence-corrected chi connectivity index (χ1v) is 7.25. The third-order valence-electron chi connectivity index (χ3n) is 3.47. The smallest absolute Gasteiger partial charge is 0.124 e. The van der Waals surface area contributed by atoms with Gasteiger partial charge in [0.15, 0.2) is 0 Å². The SMILES string of the molecule is CCc1ccc2nc(-c3cccc(N)c3C)sc2c1. The van der Waals surface area contributed by atoms with E-state index in [1.165, 1.54) is 10.3 Å². The van der Waals surface area contributed by atoms with Crippen molar-refractivity contribution in [2.75, 3.05) is 5.73 Å². The Morgan fingerprint density at radius 3 is 2.84 bits per heavy atom. The highest BCUT2D eigenvalue weighted by molar-refractivity contribution is 7.21. The summed E-state index contributed by atoms with van der Waals surface area (Å²) >= 11 is 1.74. The number of hydrogen-bond acceptors (Lipinski definition) is 3. The number of benzene rings is 2. The molecular formula is C16H16N2S. The summed E-state index contributed by atoms with van der Waals surface area (Å²) in [6, 6.07) is 12.5. The summed E-state index contributed by atoms with van der Waals surface area (Å²) in [5.41, 5.74) is 11.5. The highest BCUT2D eigenvalue weighted by Crippen LogP contribution is 2.34. The van der Waals surface area contributed by atoms with E-state index in [2.05, 4.69) is 31.2 Å². The third kappa shape index (κ3) is 2.10. The maximum Gasteiger partial charge on any atom is 0.124 e. The van der Waals surface area contributed by atoms with Crippen molar-refractivity contribution in [2.24, 2.45) is 0 Å². The van der Waals surface area contributed by atoms with E-state index in [1.54, 1.807) is 11.3 Å². The monoisotopic (exact) mass is 268 g/mol. The number of aromatic nitrogens is 1. The van der Waals surface area contributed by atoms with Crippen LogP contribution in [0, 0.1) is 6.92 Å². The predicted octanol–water partition coefficient (Wildman–Crippen LogP) is 4.42. The highest BCUT2D eigenvalue weighted by atomic mass is 32.1. The number of nitrogens with two attached hydrogens (primary N) is 1. The minimum Gasteiger partial charge on any atom is -0.398 e. The molecule has 0 fully saturated rings. The van der Waals surface area contributed by atoms with Gasteiger partial charge < -0.3 is 5.73 Å². The summed E-state index contributed by atoms with van der Waals surface area (Å²) < 4.78 is 1.25. The maximum atomic E-state index is 5.97. The Morgan fingerprint density at radius 2 is 2.05 bits per heavy atom. The Kier molecular flexibility index (Phi) is 2.99. The van der Waals surface area contributed by atoms with Gasteiger partial charge in [-0.1, -0.05) is 25.1 Å². The first-order chi connectivity index (χ1) is 9.19. The van der Waals surface area contributed by atoms with E-state index in [0.29, 0.717) is 0 Å². The van der Waals surface area contributed by atoms with E-state index in [9.17, 15) is 0 Å². The van der Waals surface area contributed by atoms with Crippen LogP contribution < -0.4 is 5.73 Å². The second-order valence-corrected chi connectivity index (χ2v) is 5.73. The Morgan fingerprint density at radius 1 is 1.21 bits per heavy atom. The van der Waals surface area contributed by atoms with Gasteiger partial charge >= 0.3 is 0 Å². The normalized spacial score (nSPS) is 11.1. The largest absolute Gasteiger partial charge is 0.398 e. The lowest BCUT2D eigenvalue weighted by Gasteiger charge is -2.04. The number of nitrogens with zero attached hydrogens (tertiary/aromatic N) is 1. The molecule has 96 valence electrons. The number of anilines is 1. The van der Waals surface area contributed by atoms with Gasteiger partial charge in [0.05, 0.1) is 10.2 Å². The summed E-state index contributed by atoms with van der Waals surface area (Å²) in [6.45, 7) is 4.22. The minimum atomic E-state index is 0.825. The van der Waals surface area contributed by atoms with Gasteiger partial charge in [-0.25, -0.2) is 4.98 Å². The molecule has 0 aliphatic carbocycles. The zero-order valence-electron chi connectivity index (χ0n) is 11.1. The third-order valence-corrected chi connectivity index (χ3v) is 4.52. The molecule has 0 spiro atoms. The Labute approximate surface area is 116 Å². The predicted molar refractivity (Wildman–Crippen MR) is 83.6 cm³/mol. The van der Waals surface area contributed by atoms with E-state index in [-0.39, 0.29) is 0 Å². The number of aryl methyl sites for hydroxylation is 1. The maximum absolute atomic E-state index is 5.97. The van der Waals surface area contributed by atoms with Crippen molar-refractivity contribution in [3.63, 3.8) is 0 Å². The van der Waals surface area contributed by atoms with Crippen molar-refractivity contribution in [3.05, 3.63) is 47.5 Å². The fourth-order valence-electron chi connectivity index (χ4n) is 2.19. The molecule has 19 heavy (non-hydrogen) atoms. The number of thiazole rings is 1. The average Bonchev–Trinajstić information content (AvgIpc) is 2.84.